The molecule has 0 aliphatic heterocycles. The van der Waals surface area contributed by atoms with Gasteiger partial charge in [0.25, 0.3) is 11.8 Å². The highest BCUT2D eigenvalue weighted by Crippen LogP contribution is 2.15. The van der Waals surface area contributed by atoms with Gasteiger partial charge >= 0.3 is 5.97 Å². The number of rotatable bonds is 12. The summed E-state index contributed by atoms with van der Waals surface area (Å²) in [4.78, 5) is 29.3. The fraction of sp³-hybridized carbons (Fsp3) is 0.381. The standard InChI is InChI=1S/C21H27N3O4/c1-2-3-4-5-6-7-14-27-17-11-8-16(9-12-17)10-13-18(25)28-21-19(20(22)26)23-15-24-21/h8-13,15H,2-7,14H2,1H3,(H2,22,26)(H,23,24). The molecular weight excluding hydrogens is 358 g/mol. The Kier molecular flexibility index (Phi) is 8.78. The maximum atomic E-state index is 11.9. The lowest BCUT2D eigenvalue weighted by atomic mass is 10.1. The second-order valence-corrected chi connectivity index (χ2v) is 6.39. The smallest absolute Gasteiger partial charge is 0.337 e. The van der Waals surface area contributed by atoms with Crippen LogP contribution in [0.3, 0.4) is 0 Å². The first-order valence-corrected chi connectivity index (χ1v) is 9.56. The number of nitrogens with two attached hydrogens (primary N) is 1. The van der Waals surface area contributed by atoms with E-state index in [4.69, 9.17) is 15.2 Å². The number of H-pyrrole nitrogens is 1. The van der Waals surface area contributed by atoms with Crippen molar-refractivity contribution >= 4 is 18.0 Å². The number of esters is 1. The van der Waals surface area contributed by atoms with Crippen LogP contribution >= 0.6 is 0 Å². The van der Waals surface area contributed by atoms with Crippen molar-refractivity contribution in [2.75, 3.05) is 6.61 Å². The van der Waals surface area contributed by atoms with Crippen LogP contribution in [0.2, 0.25) is 0 Å². The minimum atomic E-state index is -0.749. The van der Waals surface area contributed by atoms with E-state index in [0.717, 1.165) is 17.7 Å². The van der Waals surface area contributed by atoms with E-state index in [1.165, 1.54) is 44.5 Å². The number of amides is 1. The fourth-order valence-electron chi connectivity index (χ4n) is 2.58. The molecule has 0 spiro atoms. The second kappa shape index (κ2) is 11.6. The zero-order valence-corrected chi connectivity index (χ0v) is 16.1. The molecule has 1 aromatic carbocycles. The molecule has 7 nitrogen and oxygen atoms in total. The molecule has 0 radical (unpaired) electrons. The Bertz CT molecular complexity index is 781. The van der Waals surface area contributed by atoms with Gasteiger partial charge in [-0.15, -0.1) is 0 Å². The molecule has 0 unspecified atom stereocenters. The second-order valence-electron chi connectivity index (χ2n) is 6.39. The molecule has 0 aliphatic rings. The van der Waals surface area contributed by atoms with Crippen LogP contribution in [0.5, 0.6) is 11.6 Å². The lowest BCUT2D eigenvalue weighted by Gasteiger charge is -2.06. The quantitative estimate of drug-likeness (QED) is 0.328. The number of imidazole rings is 1. The maximum absolute atomic E-state index is 11.9. The molecule has 7 heteroatoms. The van der Waals surface area contributed by atoms with E-state index in [0.29, 0.717) is 6.61 Å². The average Bonchev–Trinajstić information content (AvgIpc) is 3.15. The van der Waals surface area contributed by atoms with Crippen molar-refractivity contribution in [2.24, 2.45) is 5.73 Å². The molecule has 150 valence electrons. The molecule has 0 aliphatic carbocycles. The molecule has 0 atom stereocenters. The van der Waals surface area contributed by atoms with Crippen molar-refractivity contribution in [2.45, 2.75) is 45.4 Å². The summed E-state index contributed by atoms with van der Waals surface area (Å²) in [6.07, 6.45) is 11.5. The number of aromatic nitrogens is 2. The monoisotopic (exact) mass is 385 g/mol. The number of carbonyl (C=O) groups is 2. The molecule has 3 N–H and O–H groups in total. The largest absolute Gasteiger partial charge is 0.494 e. The number of aromatic amines is 1. The van der Waals surface area contributed by atoms with Crippen LogP contribution in [0.15, 0.2) is 36.7 Å². The van der Waals surface area contributed by atoms with Gasteiger partial charge in [-0.25, -0.2) is 9.78 Å². The van der Waals surface area contributed by atoms with E-state index in [1.807, 2.05) is 24.3 Å². The number of nitrogens with one attached hydrogen (secondary N) is 1. The predicted octanol–water partition coefficient (Wildman–Crippen LogP) is 3.87. The van der Waals surface area contributed by atoms with Gasteiger partial charge in [0, 0.05) is 6.08 Å². The Balaban J connectivity index is 1.74. The van der Waals surface area contributed by atoms with Crippen LogP contribution < -0.4 is 15.2 Å². The van der Waals surface area contributed by atoms with Crippen LogP contribution in [-0.2, 0) is 4.79 Å². The Morgan fingerprint density at radius 3 is 2.54 bits per heavy atom. The first kappa shape index (κ1) is 21.2. The van der Waals surface area contributed by atoms with E-state index in [-0.39, 0.29) is 11.6 Å². The Labute approximate surface area is 164 Å². The van der Waals surface area contributed by atoms with Crippen LogP contribution in [0.1, 0.15) is 61.5 Å². The first-order valence-electron chi connectivity index (χ1n) is 9.56. The molecule has 0 saturated heterocycles. The predicted molar refractivity (Wildman–Crippen MR) is 107 cm³/mol. The van der Waals surface area contributed by atoms with Gasteiger partial charge in [0.15, 0.2) is 5.69 Å². The number of carbonyl (C=O) groups excluding carboxylic acids is 2. The lowest BCUT2D eigenvalue weighted by Crippen LogP contribution is -2.14. The highest BCUT2D eigenvalue weighted by molar-refractivity contribution is 5.95. The third-order valence-electron chi connectivity index (χ3n) is 4.11. The Morgan fingerprint density at radius 2 is 1.82 bits per heavy atom. The van der Waals surface area contributed by atoms with E-state index in [2.05, 4.69) is 16.9 Å². The summed E-state index contributed by atoms with van der Waals surface area (Å²) in [6.45, 7) is 2.92. The van der Waals surface area contributed by atoms with Gasteiger partial charge in [-0.2, -0.15) is 0 Å². The molecule has 28 heavy (non-hydrogen) atoms. The summed E-state index contributed by atoms with van der Waals surface area (Å²) in [5.74, 6) is -0.740. The van der Waals surface area contributed by atoms with E-state index >= 15 is 0 Å². The highest BCUT2D eigenvalue weighted by atomic mass is 16.5. The van der Waals surface area contributed by atoms with Crippen LogP contribution in [0.4, 0.5) is 0 Å². The van der Waals surface area contributed by atoms with Gasteiger partial charge in [0.1, 0.15) is 5.75 Å². The van der Waals surface area contributed by atoms with Gasteiger partial charge in [0.05, 0.1) is 12.9 Å². The minimum absolute atomic E-state index is 0.0476. The maximum Gasteiger partial charge on any atom is 0.337 e. The number of primary amides is 1. The van der Waals surface area contributed by atoms with Gasteiger partial charge in [-0.05, 0) is 30.2 Å². The third-order valence-corrected chi connectivity index (χ3v) is 4.11. The van der Waals surface area contributed by atoms with Crippen molar-refractivity contribution in [1.29, 1.82) is 0 Å². The van der Waals surface area contributed by atoms with Crippen LogP contribution in [0, 0.1) is 0 Å². The van der Waals surface area contributed by atoms with Crippen molar-refractivity contribution < 1.29 is 19.1 Å². The number of unbranched alkanes of at least 4 members (excludes halogenated alkanes) is 5. The molecule has 1 heterocycles. The molecule has 1 amide bonds. The normalized spacial score (nSPS) is 10.9. The average molecular weight is 385 g/mol. The van der Waals surface area contributed by atoms with E-state index in [1.54, 1.807) is 6.08 Å². The molecular formula is C21H27N3O4. The number of ether oxygens (including phenoxy) is 2. The topological polar surface area (TPSA) is 107 Å². The first-order chi connectivity index (χ1) is 13.6. The molecule has 2 rings (SSSR count). The highest BCUT2D eigenvalue weighted by Gasteiger charge is 2.14. The molecule has 2 aromatic rings. The summed E-state index contributed by atoms with van der Waals surface area (Å²) < 4.78 is 10.7. The molecule has 0 bridgehead atoms. The number of hydrogen-bond acceptors (Lipinski definition) is 5. The summed E-state index contributed by atoms with van der Waals surface area (Å²) in [5.41, 5.74) is 5.93. The Morgan fingerprint density at radius 1 is 1.11 bits per heavy atom. The Hall–Kier alpha value is -3.09. The summed E-state index contributed by atoms with van der Waals surface area (Å²) in [7, 11) is 0. The van der Waals surface area contributed by atoms with Crippen molar-refractivity contribution in [3.63, 3.8) is 0 Å². The number of benzene rings is 1. The zero-order chi connectivity index (χ0) is 20.2. The van der Waals surface area contributed by atoms with E-state index in [9.17, 15) is 9.59 Å². The summed E-state index contributed by atoms with van der Waals surface area (Å²) >= 11 is 0. The number of hydrogen-bond donors (Lipinski definition) is 2. The SMILES string of the molecule is CCCCCCCCOc1ccc(C=CC(=O)Oc2nc[nH]c2C(N)=O)cc1. The minimum Gasteiger partial charge on any atom is -0.494 e. The van der Waals surface area contributed by atoms with Crippen LogP contribution in [0.25, 0.3) is 6.08 Å². The van der Waals surface area contributed by atoms with E-state index < -0.39 is 11.9 Å². The fourth-order valence-corrected chi connectivity index (χ4v) is 2.58. The molecule has 1 aromatic heterocycles. The lowest BCUT2D eigenvalue weighted by molar-refractivity contribution is -0.129. The van der Waals surface area contributed by atoms with Gasteiger partial charge in [-0.3, -0.25) is 4.79 Å². The van der Waals surface area contributed by atoms with Gasteiger partial charge < -0.3 is 20.2 Å². The van der Waals surface area contributed by atoms with Gasteiger partial charge in [0.2, 0.25) is 0 Å². The molecule has 0 saturated carbocycles. The van der Waals surface area contributed by atoms with Crippen LogP contribution in [-0.4, -0.2) is 28.5 Å². The third kappa shape index (κ3) is 7.26. The zero-order valence-electron chi connectivity index (χ0n) is 16.1. The summed E-state index contributed by atoms with van der Waals surface area (Å²) in [6, 6.07) is 7.43. The molecule has 0 fully saturated rings. The van der Waals surface area contributed by atoms with Crippen molar-refractivity contribution in [1.82, 2.24) is 9.97 Å². The van der Waals surface area contributed by atoms with Crippen molar-refractivity contribution in [3.8, 4) is 11.6 Å². The van der Waals surface area contributed by atoms with Crippen molar-refractivity contribution in [3.05, 3.63) is 47.9 Å². The number of nitrogens with zero attached hydrogens (tertiary/aromatic N) is 1. The van der Waals surface area contributed by atoms with Gasteiger partial charge in [-0.1, -0.05) is 51.2 Å². The summed E-state index contributed by atoms with van der Waals surface area (Å²) in [5, 5.41) is 0.